The van der Waals surface area contributed by atoms with Gasteiger partial charge in [0.2, 0.25) is 0 Å². The molecule has 0 fully saturated rings. The van der Waals surface area contributed by atoms with Gasteiger partial charge in [-0.3, -0.25) is 4.79 Å². The van der Waals surface area contributed by atoms with Gasteiger partial charge in [-0.2, -0.15) is 0 Å². The minimum absolute atomic E-state index is 0.0319. The number of hydrogen-bond acceptors (Lipinski definition) is 1. The average molecular weight is 252 g/mol. The van der Waals surface area contributed by atoms with Crippen LogP contribution in [0.25, 0.3) is 0 Å². The van der Waals surface area contributed by atoms with E-state index in [1.165, 1.54) is 16.7 Å². The Kier molecular flexibility index (Phi) is 2.57. The maximum Gasteiger partial charge on any atom is 0.168 e. The number of ketones is 1. The summed E-state index contributed by atoms with van der Waals surface area (Å²) >= 11 is 0. The van der Waals surface area contributed by atoms with Crippen LogP contribution in [0.4, 0.5) is 0 Å². The fraction of sp³-hybridized carbons (Fsp3) is 0.389. The molecule has 0 amide bonds. The largest absolute Gasteiger partial charge is 0.294 e. The molecule has 2 aliphatic rings. The zero-order valence-corrected chi connectivity index (χ0v) is 11.9. The van der Waals surface area contributed by atoms with Crippen LogP contribution < -0.4 is 0 Å². The third kappa shape index (κ3) is 1.88. The van der Waals surface area contributed by atoms with Crippen LogP contribution in [-0.4, -0.2) is 5.78 Å². The first-order valence-electron chi connectivity index (χ1n) is 6.92. The first kappa shape index (κ1) is 12.4. The molecule has 19 heavy (non-hydrogen) atoms. The normalized spacial score (nSPS) is 26.6. The van der Waals surface area contributed by atoms with E-state index in [9.17, 15) is 4.79 Å². The Morgan fingerprint density at radius 3 is 2.68 bits per heavy atom. The summed E-state index contributed by atoms with van der Waals surface area (Å²) in [5, 5.41) is 0. The van der Waals surface area contributed by atoms with E-state index in [0.29, 0.717) is 11.5 Å². The predicted octanol–water partition coefficient (Wildman–Crippen LogP) is 4.15. The summed E-state index contributed by atoms with van der Waals surface area (Å²) in [4.78, 5) is 12.0. The second kappa shape index (κ2) is 3.93. The maximum atomic E-state index is 12.0. The molecule has 2 atom stereocenters. The van der Waals surface area contributed by atoms with Gasteiger partial charge in [-0.1, -0.05) is 56.3 Å². The van der Waals surface area contributed by atoms with E-state index in [4.69, 9.17) is 0 Å². The number of carbonyl (C=O) groups excluding carboxylic acids is 1. The summed E-state index contributed by atoms with van der Waals surface area (Å²) in [5.74, 6) is 0.654. The quantitative estimate of drug-likeness (QED) is 0.583. The minimum atomic E-state index is 0.0319. The molecule has 0 spiro atoms. The van der Waals surface area contributed by atoms with Crippen molar-refractivity contribution >= 4 is 5.78 Å². The lowest BCUT2D eigenvalue weighted by atomic mass is 9.85. The van der Waals surface area contributed by atoms with Crippen LogP contribution in [0, 0.1) is 5.92 Å². The first-order valence-corrected chi connectivity index (χ1v) is 6.92. The van der Waals surface area contributed by atoms with Crippen molar-refractivity contribution in [3.05, 3.63) is 59.2 Å². The Bertz CT molecular complexity index is 604. The van der Waals surface area contributed by atoms with Gasteiger partial charge in [-0.05, 0) is 35.5 Å². The highest BCUT2D eigenvalue weighted by atomic mass is 16.1. The summed E-state index contributed by atoms with van der Waals surface area (Å²) in [6.07, 6.45) is 3.23. The standard InChI is InChI=1S/C18H20O/c1-11(2)17(19)14-9-13(14)15-10-18(3,4)16-8-6-5-7-12(15)16/h5-9,14-15H,1,10H2,2-4H3. The second-order valence-corrected chi connectivity index (χ2v) is 6.52. The third-order valence-electron chi connectivity index (χ3n) is 4.49. The number of Topliss-reactive ketones (excluding diaryl/α,β-unsaturated/α-hetero) is 1. The molecular formula is C18H20O. The molecule has 0 saturated carbocycles. The number of benzene rings is 1. The van der Waals surface area contributed by atoms with Crippen molar-refractivity contribution in [2.75, 3.05) is 0 Å². The molecule has 98 valence electrons. The molecule has 0 aromatic heterocycles. The summed E-state index contributed by atoms with van der Waals surface area (Å²) < 4.78 is 0. The lowest BCUT2D eigenvalue weighted by molar-refractivity contribution is -0.116. The van der Waals surface area contributed by atoms with Crippen LogP contribution in [-0.2, 0) is 10.2 Å². The molecule has 0 aliphatic heterocycles. The molecule has 0 N–H and O–H groups in total. The molecule has 1 nitrogen and oxygen atoms in total. The van der Waals surface area contributed by atoms with Gasteiger partial charge in [-0.15, -0.1) is 0 Å². The smallest absolute Gasteiger partial charge is 0.168 e. The fourth-order valence-corrected chi connectivity index (χ4v) is 3.41. The molecule has 0 heterocycles. The molecule has 1 aromatic rings. The van der Waals surface area contributed by atoms with Crippen molar-refractivity contribution in [2.24, 2.45) is 5.92 Å². The maximum absolute atomic E-state index is 12.0. The molecule has 3 rings (SSSR count). The van der Waals surface area contributed by atoms with Gasteiger partial charge >= 0.3 is 0 Å². The average Bonchev–Trinajstić information content (AvgIpc) is 3.10. The number of rotatable bonds is 3. The Morgan fingerprint density at radius 1 is 1.32 bits per heavy atom. The SMILES string of the molecule is C=C(C)C(=O)C1C=C1C1CC(C)(C)c2ccccc21. The predicted molar refractivity (Wildman–Crippen MR) is 78.2 cm³/mol. The Balaban J connectivity index is 1.89. The van der Waals surface area contributed by atoms with Crippen LogP contribution in [0.3, 0.4) is 0 Å². The summed E-state index contributed by atoms with van der Waals surface area (Å²) in [6.45, 7) is 10.2. The van der Waals surface area contributed by atoms with Gasteiger partial charge < -0.3 is 0 Å². The molecule has 1 aromatic carbocycles. The topological polar surface area (TPSA) is 17.1 Å². The summed E-state index contributed by atoms with van der Waals surface area (Å²) in [7, 11) is 0. The van der Waals surface area contributed by atoms with E-state index in [-0.39, 0.29) is 17.1 Å². The second-order valence-electron chi connectivity index (χ2n) is 6.52. The summed E-state index contributed by atoms with van der Waals surface area (Å²) in [5.41, 5.74) is 5.04. The first-order chi connectivity index (χ1) is 8.92. The molecule has 2 aliphatic carbocycles. The highest BCUT2D eigenvalue weighted by Gasteiger charge is 2.45. The van der Waals surface area contributed by atoms with Crippen LogP contribution >= 0.6 is 0 Å². The Hall–Kier alpha value is -1.63. The molecule has 0 radical (unpaired) electrons. The Labute approximate surface area is 115 Å². The number of allylic oxidation sites excluding steroid dienone is 3. The van der Waals surface area contributed by atoms with Crippen molar-refractivity contribution in [2.45, 2.75) is 38.5 Å². The Morgan fingerprint density at radius 2 is 2.00 bits per heavy atom. The highest BCUT2D eigenvalue weighted by Crippen LogP contribution is 2.54. The molecule has 0 saturated heterocycles. The van der Waals surface area contributed by atoms with Gasteiger partial charge in [0.05, 0.1) is 5.92 Å². The van der Waals surface area contributed by atoms with E-state index in [2.05, 4.69) is 50.8 Å². The minimum Gasteiger partial charge on any atom is -0.294 e. The van der Waals surface area contributed by atoms with Crippen LogP contribution in [0.1, 0.15) is 44.2 Å². The number of hydrogen-bond donors (Lipinski definition) is 0. The lowest BCUT2D eigenvalue weighted by Crippen LogP contribution is -2.12. The zero-order valence-electron chi connectivity index (χ0n) is 11.9. The van der Waals surface area contributed by atoms with E-state index < -0.39 is 0 Å². The molecule has 1 heteroatoms. The molecule has 2 unspecified atom stereocenters. The van der Waals surface area contributed by atoms with Crippen LogP contribution in [0.2, 0.25) is 0 Å². The van der Waals surface area contributed by atoms with E-state index in [1.807, 2.05) is 0 Å². The van der Waals surface area contributed by atoms with Crippen LogP contribution in [0.15, 0.2) is 48.1 Å². The van der Waals surface area contributed by atoms with E-state index >= 15 is 0 Å². The van der Waals surface area contributed by atoms with Crippen molar-refractivity contribution in [1.82, 2.24) is 0 Å². The summed E-state index contributed by atoms with van der Waals surface area (Å²) in [6, 6.07) is 8.66. The van der Waals surface area contributed by atoms with Gasteiger partial charge in [0.25, 0.3) is 0 Å². The van der Waals surface area contributed by atoms with Gasteiger partial charge in [-0.25, -0.2) is 0 Å². The molecular weight excluding hydrogens is 232 g/mol. The van der Waals surface area contributed by atoms with Crippen molar-refractivity contribution in [1.29, 1.82) is 0 Å². The van der Waals surface area contributed by atoms with E-state index in [0.717, 1.165) is 6.42 Å². The van der Waals surface area contributed by atoms with Gasteiger partial charge in [0.1, 0.15) is 0 Å². The lowest BCUT2D eigenvalue weighted by Gasteiger charge is -2.19. The third-order valence-corrected chi connectivity index (χ3v) is 4.49. The van der Waals surface area contributed by atoms with Crippen molar-refractivity contribution in [3.8, 4) is 0 Å². The van der Waals surface area contributed by atoms with Gasteiger partial charge in [0, 0.05) is 5.92 Å². The van der Waals surface area contributed by atoms with E-state index in [1.54, 1.807) is 6.92 Å². The van der Waals surface area contributed by atoms with Crippen molar-refractivity contribution in [3.63, 3.8) is 0 Å². The fourth-order valence-electron chi connectivity index (χ4n) is 3.41. The zero-order chi connectivity index (χ0) is 13.8. The van der Waals surface area contributed by atoms with Crippen molar-refractivity contribution < 1.29 is 4.79 Å². The number of fused-ring (bicyclic) bond motifs is 1. The monoisotopic (exact) mass is 252 g/mol. The van der Waals surface area contributed by atoms with Crippen LogP contribution in [0.5, 0.6) is 0 Å². The van der Waals surface area contributed by atoms with Gasteiger partial charge in [0.15, 0.2) is 5.78 Å². The number of carbonyl (C=O) groups is 1. The highest BCUT2D eigenvalue weighted by molar-refractivity contribution is 6.02. The molecule has 0 bridgehead atoms.